The molecule has 0 heterocycles. The quantitative estimate of drug-likeness (QED) is 0.813. The summed E-state index contributed by atoms with van der Waals surface area (Å²) in [5.41, 5.74) is 0.973. The van der Waals surface area contributed by atoms with E-state index in [9.17, 15) is 4.21 Å². The predicted molar refractivity (Wildman–Crippen MR) is 83.1 cm³/mol. The van der Waals surface area contributed by atoms with E-state index in [0.717, 1.165) is 17.7 Å². The normalized spacial score (nSPS) is 14.8. The van der Waals surface area contributed by atoms with Gasteiger partial charge in [-0.05, 0) is 33.3 Å². The zero-order chi connectivity index (χ0) is 15.2. The van der Waals surface area contributed by atoms with Crippen LogP contribution >= 0.6 is 0 Å². The van der Waals surface area contributed by atoms with Crippen molar-refractivity contribution in [1.82, 2.24) is 4.72 Å². The molecule has 0 amide bonds. The van der Waals surface area contributed by atoms with Crippen LogP contribution in [0.15, 0.2) is 24.3 Å². The molecular weight excluding hydrogens is 274 g/mol. The van der Waals surface area contributed by atoms with Crippen LogP contribution in [0.5, 0.6) is 5.75 Å². The van der Waals surface area contributed by atoms with Gasteiger partial charge in [0.2, 0.25) is 0 Å². The molecule has 0 aliphatic heterocycles. The van der Waals surface area contributed by atoms with Gasteiger partial charge in [0, 0.05) is 11.6 Å². The Kier molecular flexibility index (Phi) is 6.65. The van der Waals surface area contributed by atoms with Gasteiger partial charge < -0.3 is 9.84 Å². The lowest BCUT2D eigenvalue weighted by molar-refractivity contribution is 0.199. The average Bonchev–Trinajstić information content (AvgIpc) is 2.41. The molecule has 4 nitrogen and oxygen atoms in total. The lowest BCUT2D eigenvalue weighted by Gasteiger charge is -2.25. The maximum Gasteiger partial charge on any atom is 0.124 e. The third kappa shape index (κ3) is 4.89. The number of aliphatic hydroxyl groups is 1. The van der Waals surface area contributed by atoms with Crippen molar-refractivity contribution in [3.8, 4) is 5.75 Å². The maximum absolute atomic E-state index is 12.3. The highest BCUT2D eigenvalue weighted by Crippen LogP contribution is 2.28. The van der Waals surface area contributed by atoms with Gasteiger partial charge in [-0.2, -0.15) is 0 Å². The first-order valence-electron chi connectivity index (χ1n) is 6.90. The van der Waals surface area contributed by atoms with Crippen molar-refractivity contribution in [3.05, 3.63) is 29.8 Å². The SMILES string of the molecule is CC[C@@H](N[S@@](=O)C(C)(C)C)c1ccccc1OCCO. The average molecular weight is 299 g/mol. The Morgan fingerprint density at radius 2 is 2.00 bits per heavy atom. The summed E-state index contributed by atoms with van der Waals surface area (Å²) in [6.07, 6.45) is 0.807. The fourth-order valence-electron chi connectivity index (χ4n) is 1.73. The molecule has 0 aliphatic carbocycles. The Morgan fingerprint density at radius 1 is 1.35 bits per heavy atom. The summed E-state index contributed by atoms with van der Waals surface area (Å²) in [5, 5.41) is 8.88. The molecule has 2 atom stereocenters. The predicted octanol–water partition coefficient (Wildman–Crippen LogP) is 2.56. The zero-order valence-electron chi connectivity index (χ0n) is 12.7. The fourth-order valence-corrected chi connectivity index (χ4v) is 2.63. The van der Waals surface area contributed by atoms with Crippen LogP contribution in [0.1, 0.15) is 45.7 Å². The Labute approximate surface area is 124 Å². The summed E-state index contributed by atoms with van der Waals surface area (Å²) < 4.78 is 20.7. The second kappa shape index (κ2) is 7.76. The Balaban J connectivity index is 2.92. The van der Waals surface area contributed by atoms with Crippen LogP contribution in [0.4, 0.5) is 0 Å². The van der Waals surface area contributed by atoms with Crippen molar-refractivity contribution >= 4 is 11.0 Å². The minimum Gasteiger partial charge on any atom is -0.491 e. The standard InChI is InChI=1S/C15H25NO3S/c1-5-13(16-20(18)15(2,3)4)12-8-6-7-9-14(12)19-11-10-17/h6-9,13,16-17H,5,10-11H2,1-4H3/t13-,20+/m1/s1. The molecule has 0 saturated heterocycles. The lowest BCUT2D eigenvalue weighted by atomic mass is 10.0. The number of benzene rings is 1. The zero-order valence-corrected chi connectivity index (χ0v) is 13.5. The van der Waals surface area contributed by atoms with E-state index >= 15 is 0 Å². The minimum atomic E-state index is -1.14. The van der Waals surface area contributed by atoms with Gasteiger partial charge in [0.1, 0.15) is 12.4 Å². The summed E-state index contributed by atoms with van der Waals surface area (Å²) in [5.74, 6) is 0.729. The smallest absolute Gasteiger partial charge is 0.124 e. The molecule has 0 saturated carbocycles. The monoisotopic (exact) mass is 299 g/mol. The molecule has 0 aliphatic rings. The van der Waals surface area contributed by atoms with Gasteiger partial charge in [-0.3, -0.25) is 0 Å². The minimum absolute atomic E-state index is 0.0214. The number of ether oxygens (including phenoxy) is 1. The van der Waals surface area contributed by atoms with Gasteiger partial charge in [-0.25, -0.2) is 8.93 Å². The van der Waals surface area contributed by atoms with E-state index in [4.69, 9.17) is 9.84 Å². The summed E-state index contributed by atoms with van der Waals surface area (Å²) in [6, 6.07) is 7.63. The van der Waals surface area contributed by atoms with Gasteiger partial charge in [0.05, 0.1) is 22.3 Å². The van der Waals surface area contributed by atoms with Gasteiger partial charge in [-0.1, -0.05) is 25.1 Å². The molecule has 0 fully saturated rings. The number of aliphatic hydroxyl groups excluding tert-OH is 1. The summed E-state index contributed by atoms with van der Waals surface area (Å²) in [4.78, 5) is 0. The highest BCUT2D eigenvalue weighted by atomic mass is 32.2. The van der Waals surface area contributed by atoms with Gasteiger partial charge in [0.25, 0.3) is 0 Å². The second-order valence-corrected chi connectivity index (χ2v) is 7.57. The van der Waals surface area contributed by atoms with E-state index in [-0.39, 0.29) is 24.0 Å². The van der Waals surface area contributed by atoms with E-state index in [1.807, 2.05) is 52.0 Å². The third-order valence-corrected chi connectivity index (χ3v) is 4.47. The molecule has 1 aromatic carbocycles. The third-order valence-electron chi connectivity index (χ3n) is 2.86. The van der Waals surface area contributed by atoms with E-state index in [2.05, 4.69) is 4.72 Å². The van der Waals surface area contributed by atoms with Crippen LogP contribution < -0.4 is 9.46 Å². The van der Waals surface area contributed by atoms with Crippen LogP contribution in [0.3, 0.4) is 0 Å². The van der Waals surface area contributed by atoms with Crippen molar-refractivity contribution in [1.29, 1.82) is 0 Å². The molecule has 1 rings (SSSR count). The van der Waals surface area contributed by atoms with Crippen molar-refractivity contribution in [2.75, 3.05) is 13.2 Å². The van der Waals surface area contributed by atoms with Gasteiger partial charge >= 0.3 is 0 Å². The second-order valence-electron chi connectivity index (χ2n) is 5.57. The number of para-hydroxylation sites is 1. The van der Waals surface area contributed by atoms with Crippen molar-refractivity contribution in [2.45, 2.75) is 44.9 Å². The largest absolute Gasteiger partial charge is 0.491 e. The number of rotatable bonds is 7. The fraction of sp³-hybridized carbons (Fsp3) is 0.600. The van der Waals surface area contributed by atoms with E-state index in [1.54, 1.807) is 0 Å². The van der Waals surface area contributed by atoms with Crippen LogP contribution in [-0.2, 0) is 11.0 Å². The van der Waals surface area contributed by atoms with Crippen molar-refractivity contribution < 1.29 is 14.1 Å². The molecule has 2 N–H and O–H groups in total. The van der Waals surface area contributed by atoms with Gasteiger partial charge in [0.15, 0.2) is 0 Å². The summed E-state index contributed by atoms with van der Waals surface area (Å²) in [6.45, 7) is 8.10. The van der Waals surface area contributed by atoms with Crippen LogP contribution in [0.25, 0.3) is 0 Å². The first-order chi connectivity index (χ1) is 9.40. The van der Waals surface area contributed by atoms with E-state index in [1.165, 1.54) is 0 Å². The molecule has 0 spiro atoms. The molecule has 0 radical (unpaired) electrons. The van der Waals surface area contributed by atoms with E-state index in [0.29, 0.717) is 0 Å². The Hall–Kier alpha value is -0.910. The first kappa shape index (κ1) is 17.1. The van der Waals surface area contributed by atoms with Gasteiger partial charge in [-0.15, -0.1) is 0 Å². The number of nitrogens with one attached hydrogen (secondary N) is 1. The van der Waals surface area contributed by atoms with Crippen LogP contribution in [-0.4, -0.2) is 27.3 Å². The highest BCUT2D eigenvalue weighted by molar-refractivity contribution is 7.84. The molecule has 0 unspecified atom stereocenters. The lowest BCUT2D eigenvalue weighted by Crippen LogP contribution is -2.35. The molecule has 5 heteroatoms. The Bertz CT molecular complexity index is 443. The molecular formula is C15H25NO3S. The van der Waals surface area contributed by atoms with E-state index < -0.39 is 11.0 Å². The molecule has 0 bridgehead atoms. The van der Waals surface area contributed by atoms with Crippen molar-refractivity contribution in [2.24, 2.45) is 0 Å². The van der Waals surface area contributed by atoms with Crippen molar-refractivity contribution in [3.63, 3.8) is 0 Å². The highest BCUT2D eigenvalue weighted by Gasteiger charge is 2.24. The number of hydrogen-bond donors (Lipinski definition) is 2. The number of hydrogen-bond acceptors (Lipinski definition) is 3. The molecule has 20 heavy (non-hydrogen) atoms. The summed E-state index contributed by atoms with van der Waals surface area (Å²) >= 11 is 0. The molecule has 1 aromatic rings. The summed E-state index contributed by atoms with van der Waals surface area (Å²) in [7, 11) is -1.14. The maximum atomic E-state index is 12.3. The Morgan fingerprint density at radius 3 is 2.55 bits per heavy atom. The topological polar surface area (TPSA) is 58.6 Å². The molecule has 114 valence electrons. The van der Waals surface area contributed by atoms with Crippen LogP contribution in [0, 0.1) is 0 Å². The van der Waals surface area contributed by atoms with Crippen LogP contribution in [0.2, 0.25) is 0 Å². The first-order valence-corrected chi connectivity index (χ1v) is 8.05. The molecule has 0 aromatic heterocycles.